The molecule has 0 aliphatic heterocycles. The minimum atomic E-state index is -4.14. The zero-order valence-corrected chi connectivity index (χ0v) is 13.3. The van der Waals surface area contributed by atoms with E-state index in [0.29, 0.717) is 18.8 Å². The van der Waals surface area contributed by atoms with E-state index in [1.165, 1.54) is 7.05 Å². The number of aliphatic imine (C=N–C) groups is 1. The first-order valence-corrected chi connectivity index (χ1v) is 7.55. The van der Waals surface area contributed by atoms with Gasteiger partial charge in [-0.1, -0.05) is 6.42 Å². The largest absolute Gasteiger partial charge is 0.391 e. The summed E-state index contributed by atoms with van der Waals surface area (Å²) in [7, 11) is 1.53. The zero-order chi connectivity index (χ0) is 16.8. The van der Waals surface area contributed by atoms with Crippen LogP contribution in [0.1, 0.15) is 39.5 Å². The van der Waals surface area contributed by atoms with Crippen LogP contribution in [0.25, 0.3) is 0 Å². The van der Waals surface area contributed by atoms with E-state index in [1.54, 1.807) is 0 Å². The highest BCUT2D eigenvalue weighted by atomic mass is 19.4. The maximum Gasteiger partial charge on any atom is 0.391 e. The fourth-order valence-corrected chi connectivity index (χ4v) is 2.54. The van der Waals surface area contributed by atoms with Gasteiger partial charge < -0.3 is 16.0 Å². The first kappa shape index (κ1) is 18.6. The predicted molar refractivity (Wildman–Crippen MR) is 79.6 cm³/mol. The number of halogens is 3. The quantitative estimate of drug-likeness (QED) is 0.546. The van der Waals surface area contributed by atoms with Crippen molar-refractivity contribution in [2.24, 2.45) is 10.9 Å². The SMILES string of the molecule is CN=C(NCC(=O)NC(C)C)NC1CCCC(C(F)(F)F)C1. The van der Waals surface area contributed by atoms with E-state index in [1.807, 2.05) is 13.8 Å². The normalized spacial score (nSPS) is 23.3. The second-order valence-electron chi connectivity index (χ2n) is 5.89. The van der Waals surface area contributed by atoms with Crippen LogP contribution in [0.4, 0.5) is 13.2 Å². The van der Waals surface area contributed by atoms with Gasteiger partial charge in [-0.15, -0.1) is 0 Å². The van der Waals surface area contributed by atoms with Crippen LogP contribution >= 0.6 is 0 Å². The van der Waals surface area contributed by atoms with Crippen LogP contribution in [-0.4, -0.2) is 43.7 Å². The molecule has 0 aromatic carbocycles. The van der Waals surface area contributed by atoms with Gasteiger partial charge in [-0.3, -0.25) is 9.79 Å². The van der Waals surface area contributed by atoms with Crippen molar-refractivity contribution in [3.8, 4) is 0 Å². The highest BCUT2D eigenvalue weighted by molar-refractivity contribution is 5.86. The lowest BCUT2D eigenvalue weighted by atomic mass is 9.85. The summed E-state index contributed by atoms with van der Waals surface area (Å²) in [4.78, 5) is 15.5. The molecule has 0 saturated heterocycles. The molecule has 0 heterocycles. The van der Waals surface area contributed by atoms with Gasteiger partial charge >= 0.3 is 6.18 Å². The Balaban J connectivity index is 2.44. The van der Waals surface area contributed by atoms with Gasteiger partial charge in [-0.2, -0.15) is 13.2 Å². The smallest absolute Gasteiger partial charge is 0.354 e. The third kappa shape index (κ3) is 6.53. The minimum absolute atomic E-state index is 0.0350. The zero-order valence-electron chi connectivity index (χ0n) is 13.3. The molecule has 22 heavy (non-hydrogen) atoms. The minimum Gasteiger partial charge on any atom is -0.354 e. The molecule has 8 heteroatoms. The van der Waals surface area contributed by atoms with Gasteiger partial charge in [0.15, 0.2) is 5.96 Å². The van der Waals surface area contributed by atoms with E-state index in [0.717, 1.165) is 0 Å². The van der Waals surface area contributed by atoms with Gasteiger partial charge in [0.2, 0.25) is 5.91 Å². The van der Waals surface area contributed by atoms with Gasteiger partial charge in [0, 0.05) is 19.1 Å². The van der Waals surface area contributed by atoms with Crippen LogP contribution in [-0.2, 0) is 4.79 Å². The maximum atomic E-state index is 12.8. The van der Waals surface area contributed by atoms with Crippen LogP contribution in [0.15, 0.2) is 4.99 Å². The summed E-state index contributed by atoms with van der Waals surface area (Å²) in [6.45, 7) is 3.74. The molecule has 1 saturated carbocycles. The van der Waals surface area contributed by atoms with Crippen molar-refractivity contribution in [2.75, 3.05) is 13.6 Å². The number of amides is 1. The summed E-state index contributed by atoms with van der Waals surface area (Å²) in [5, 5.41) is 8.52. The molecule has 3 N–H and O–H groups in total. The lowest BCUT2D eigenvalue weighted by Gasteiger charge is -2.31. The Kier molecular flexibility index (Phi) is 6.96. The number of hydrogen-bond acceptors (Lipinski definition) is 2. The van der Waals surface area contributed by atoms with Crippen LogP contribution in [0.5, 0.6) is 0 Å². The van der Waals surface area contributed by atoms with Crippen molar-refractivity contribution in [1.82, 2.24) is 16.0 Å². The number of carbonyl (C=O) groups excluding carboxylic acids is 1. The maximum absolute atomic E-state index is 12.8. The number of nitrogens with zero attached hydrogens (tertiary/aromatic N) is 1. The van der Waals surface area contributed by atoms with Crippen molar-refractivity contribution >= 4 is 11.9 Å². The second kappa shape index (κ2) is 8.24. The monoisotopic (exact) mass is 322 g/mol. The Bertz CT molecular complexity index is 396. The van der Waals surface area contributed by atoms with Crippen LogP contribution in [0.2, 0.25) is 0 Å². The Labute approximate surface area is 129 Å². The molecule has 1 fully saturated rings. The molecule has 5 nitrogen and oxygen atoms in total. The van der Waals surface area contributed by atoms with E-state index in [4.69, 9.17) is 0 Å². The number of guanidine groups is 1. The molecular formula is C14H25F3N4O. The summed E-state index contributed by atoms with van der Waals surface area (Å²) < 4.78 is 38.3. The average Bonchev–Trinajstić information content (AvgIpc) is 2.42. The van der Waals surface area contributed by atoms with E-state index < -0.39 is 12.1 Å². The van der Waals surface area contributed by atoms with Gasteiger partial charge in [0.25, 0.3) is 0 Å². The Morgan fingerprint density at radius 2 is 2.00 bits per heavy atom. The molecule has 1 rings (SSSR count). The standard InChI is InChI=1S/C14H25F3N4O/c1-9(2)20-12(22)8-19-13(18-3)21-11-6-4-5-10(7-11)14(15,16)17/h9-11H,4-8H2,1-3H3,(H,20,22)(H2,18,19,21). The molecule has 1 aliphatic rings. The van der Waals surface area contributed by atoms with Crippen molar-refractivity contribution < 1.29 is 18.0 Å². The highest BCUT2D eigenvalue weighted by Gasteiger charge is 2.42. The van der Waals surface area contributed by atoms with E-state index >= 15 is 0 Å². The molecule has 0 bridgehead atoms. The van der Waals surface area contributed by atoms with Gasteiger partial charge in [-0.05, 0) is 33.1 Å². The third-order valence-electron chi connectivity index (χ3n) is 3.57. The first-order valence-electron chi connectivity index (χ1n) is 7.55. The summed E-state index contributed by atoms with van der Waals surface area (Å²) in [5.74, 6) is -1.09. The molecule has 2 atom stereocenters. The van der Waals surface area contributed by atoms with Crippen molar-refractivity contribution in [2.45, 2.75) is 57.8 Å². The van der Waals surface area contributed by atoms with Gasteiger partial charge in [0.05, 0.1) is 12.5 Å². The molecule has 0 aromatic rings. The van der Waals surface area contributed by atoms with Gasteiger partial charge in [0.1, 0.15) is 0 Å². The van der Waals surface area contributed by atoms with Crippen LogP contribution in [0, 0.1) is 5.92 Å². The molecule has 0 aromatic heterocycles. The number of hydrogen-bond donors (Lipinski definition) is 3. The lowest BCUT2D eigenvalue weighted by Crippen LogP contribution is -2.49. The molecule has 128 valence electrons. The van der Waals surface area contributed by atoms with Crippen molar-refractivity contribution in [3.05, 3.63) is 0 Å². The number of carbonyl (C=O) groups is 1. The van der Waals surface area contributed by atoms with Crippen molar-refractivity contribution in [1.29, 1.82) is 0 Å². The fraction of sp³-hybridized carbons (Fsp3) is 0.857. The number of nitrogens with one attached hydrogen (secondary N) is 3. The van der Waals surface area contributed by atoms with Crippen LogP contribution in [0.3, 0.4) is 0 Å². The number of rotatable bonds is 4. The second-order valence-corrected chi connectivity index (χ2v) is 5.89. The summed E-state index contributed by atoms with van der Waals surface area (Å²) in [6, 6.07) is -0.241. The Hall–Kier alpha value is -1.47. The summed E-state index contributed by atoms with van der Waals surface area (Å²) in [6.07, 6.45) is -2.71. The fourth-order valence-electron chi connectivity index (χ4n) is 2.54. The van der Waals surface area contributed by atoms with E-state index in [9.17, 15) is 18.0 Å². The molecule has 2 unspecified atom stereocenters. The van der Waals surface area contributed by atoms with Crippen molar-refractivity contribution in [3.63, 3.8) is 0 Å². The summed E-state index contributed by atoms with van der Waals surface area (Å²) >= 11 is 0. The van der Waals surface area contributed by atoms with E-state index in [-0.39, 0.29) is 37.4 Å². The van der Waals surface area contributed by atoms with E-state index in [2.05, 4.69) is 20.9 Å². The third-order valence-corrected chi connectivity index (χ3v) is 3.57. The summed E-state index contributed by atoms with van der Waals surface area (Å²) in [5.41, 5.74) is 0. The average molecular weight is 322 g/mol. The molecular weight excluding hydrogens is 297 g/mol. The highest BCUT2D eigenvalue weighted by Crippen LogP contribution is 2.37. The van der Waals surface area contributed by atoms with Crippen LogP contribution < -0.4 is 16.0 Å². The number of alkyl halides is 3. The molecule has 0 radical (unpaired) electrons. The Morgan fingerprint density at radius 1 is 1.32 bits per heavy atom. The van der Waals surface area contributed by atoms with Gasteiger partial charge in [-0.25, -0.2) is 0 Å². The molecule has 1 amide bonds. The Morgan fingerprint density at radius 3 is 2.55 bits per heavy atom. The topological polar surface area (TPSA) is 65.5 Å². The predicted octanol–water partition coefficient (Wildman–Crippen LogP) is 1.80. The molecule has 0 spiro atoms. The molecule has 1 aliphatic carbocycles. The lowest BCUT2D eigenvalue weighted by molar-refractivity contribution is -0.183. The first-order chi connectivity index (χ1) is 10.2.